The molecule has 0 bridgehead atoms. The van der Waals surface area contributed by atoms with Crippen molar-refractivity contribution >= 4 is 16.6 Å². The summed E-state index contributed by atoms with van der Waals surface area (Å²) in [4.78, 5) is 0. The van der Waals surface area contributed by atoms with E-state index in [0.717, 1.165) is 11.1 Å². The van der Waals surface area contributed by atoms with Crippen molar-refractivity contribution in [3.63, 3.8) is 0 Å². The van der Waals surface area contributed by atoms with Crippen molar-refractivity contribution in [3.8, 4) is 0 Å². The fraction of sp³-hybridized carbons (Fsp3) is 0.0667. The second-order valence-corrected chi connectivity index (χ2v) is 4.40. The van der Waals surface area contributed by atoms with Crippen LogP contribution in [0.25, 0.3) is 10.9 Å². The average Bonchev–Trinajstić information content (AvgIpc) is 2.72. The van der Waals surface area contributed by atoms with E-state index in [0.29, 0.717) is 12.2 Å². The van der Waals surface area contributed by atoms with Gasteiger partial charge in [0.1, 0.15) is 5.82 Å². The van der Waals surface area contributed by atoms with Crippen LogP contribution in [0.2, 0.25) is 0 Å². The molecule has 0 spiro atoms. The molecule has 0 radical (unpaired) electrons. The minimum Gasteiger partial charge on any atom is -0.399 e. The molecule has 1 aromatic heterocycles. The van der Waals surface area contributed by atoms with Crippen LogP contribution in [0.4, 0.5) is 10.1 Å². The SMILES string of the molecule is Nc1cc(F)cc(Cn2ccc3ccccc32)c1. The zero-order valence-electron chi connectivity index (χ0n) is 9.81. The maximum atomic E-state index is 13.3. The predicted octanol–water partition coefficient (Wildman–Crippen LogP) is 3.41. The van der Waals surface area contributed by atoms with E-state index in [2.05, 4.69) is 22.8 Å². The van der Waals surface area contributed by atoms with Gasteiger partial charge in [-0.1, -0.05) is 18.2 Å². The van der Waals surface area contributed by atoms with E-state index >= 15 is 0 Å². The molecule has 18 heavy (non-hydrogen) atoms. The first-order valence-corrected chi connectivity index (χ1v) is 5.81. The molecule has 0 aliphatic rings. The second-order valence-electron chi connectivity index (χ2n) is 4.40. The Bertz CT molecular complexity index is 680. The molecular weight excluding hydrogens is 227 g/mol. The number of hydrogen-bond acceptors (Lipinski definition) is 1. The molecule has 0 atom stereocenters. The maximum absolute atomic E-state index is 13.3. The summed E-state index contributed by atoms with van der Waals surface area (Å²) in [7, 11) is 0. The standard InChI is InChI=1S/C15H13FN2/c16-13-7-11(8-14(17)9-13)10-18-6-5-12-3-1-2-4-15(12)18/h1-9H,10,17H2. The van der Waals surface area contributed by atoms with E-state index in [-0.39, 0.29) is 5.82 Å². The molecule has 0 fully saturated rings. The highest BCUT2D eigenvalue weighted by atomic mass is 19.1. The monoisotopic (exact) mass is 240 g/mol. The molecular formula is C15H13FN2. The Morgan fingerprint density at radius 2 is 1.89 bits per heavy atom. The van der Waals surface area contributed by atoms with Crippen molar-refractivity contribution in [2.45, 2.75) is 6.54 Å². The first kappa shape index (κ1) is 10.8. The second kappa shape index (κ2) is 4.18. The summed E-state index contributed by atoms with van der Waals surface area (Å²) in [6.07, 6.45) is 2.01. The van der Waals surface area contributed by atoms with Gasteiger partial charge in [-0.3, -0.25) is 0 Å². The van der Waals surface area contributed by atoms with E-state index in [9.17, 15) is 4.39 Å². The van der Waals surface area contributed by atoms with Crippen LogP contribution in [-0.4, -0.2) is 4.57 Å². The van der Waals surface area contributed by atoms with Gasteiger partial charge in [-0.05, 0) is 41.3 Å². The highest BCUT2D eigenvalue weighted by Crippen LogP contribution is 2.18. The Kier molecular flexibility index (Phi) is 2.52. The number of fused-ring (bicyclic) bond motifs is 1. The fourth-order valence-corrected chi connectivity index (χ4v) is 2.24. The minimum atomic E-state index is -0.290. The van der Waals surface area contributed by atoms with Crippen molar-refractivity contribution in [2.24, 2.45) is 0 Å². The zero-order valence-corrected chi connectivity index (χ0v) is 9.81. The summed E-state index contributed by atoms with van der Waals surface area (Å²) < 4.78 is 15.4. The van der Waals surface area contributed by atoms with Gasteiger partial charge in [-0.2, -0.15) is 0 Å². The third-order valence-electron chi connectivity index (χ3n) is 3.01. The molecule has 3 aromatic rings. The van der Waals surface area contributed by atoms with Crippen molar-refractivity contribution in [3.05, 3.63) is 66.1 Å². The highest BCUT2D eigenvalue weighted by molar-refractivity contribution is 5.80. The van der Waals surface area contributed by atoms with E-state index in [1.807, 2.05) is 18.3 Å². The van der Waals surface area contributed by atoms with Crippen molar-refractivity contribution < 1.29 is 4.39 Å². The number of rotatable bonds is 2. The van der Waals surface area contributed by atoms with Crippen LogP contribution in [0.5, 0.6) is 0 Å². The van der Waals surface area contributed by atoms with Crippen LogP contribution in [0.3, 0.4) is 0 Å². The topological polar surface area (TPSA) is 30.9 Å². The van der Waals surface area contributed by atoms with Gasteiger partial charge in [0, 0.05) is 23.9 Å². The number of aromatic nitrogens is 1. The molecule has 3 rings (SSSR count). The van der Waals surface area contributed by atoms with Crippen LogP contribution in [0.15, 0.2) is 54.7 Å². The maximum Gasteiger partial charge on any atom is 0.125 e. The lowest BCUT2D eigenvalue weighted by Crippen LogP contribution is -1.99. The van der Waals surface area contributed by atoms with Gasteiger partial charge < -0.3 is 10.3 Å². The quantitative estimate of drug-likeness (QED) is 0.684. The zero-order chi connectivity index (χ0) is 12.5. The normalized spacial score (nSPS) is 10.9. The van der Waals surface area contributed by atoms with Gasteiger partial charge in [0.15, 0.2) is 0 Å². The van der Waals surface area contributed by atoms with Gasteiger partial charge in [0.25, 0.3) is 0 Å². The van der Waals surface area contributed by atoms with Gasteiger partial charge in [-0.25, -0.2) is 4.39 Å². The molecule has 90 valence electrons. The summed E-state index contributed by atoms with van der Waals surface area (Å²) in [6, 6.07) is 14.8. The molecule has 0 saturated carbocycles. The van der Waals surface area contributed by atoms with Gasteiger partial charge >= 0.3 is 0 Å². The third-order valence-corrected chi connectivity index (χ3v) is 3.01. The van der Waals surface area contributed by atoms with Crippen molar-refractivity contribution in [1.29, 1.82) is 0 Å². The van der Waals surface area contributed by atoms with Crippen molar-refractivity contribution in [1.82, 2.24) is 4.57 Å². The predicted molar refractivity (Wildman–Crippen MR) is 71.9 cm³/mol. The number of para-hydroxylation sites is 1. The smallest absolute Gasteiger partial charge is 0.125 e. The van der Waals surface area contributed by atoms with Crippen LogP contribution in [0, 0.1) is 5.82 Å². The Labute approximate surface area is 104 Å². The number of halogens is 1. The first-order valence-electron chi connectivity index (χ1n) is 5.81. The molecule has 0 amide bonds. The summed E-state index contributed by atoms with van der Waals surface area (Å²) >= 11 is 0. The summed E-state index contributed by atoms with van der Waals surface area (Å²) in [5, 5.41) is 1.18. The number of hydrogen-bond donors (Lipinski definition) is 1. The van der Waals surface area contributed by atoms with E-state index in [1.165, 1.54) is 17.5 Å². The first-order chi connectivity index (χ1) is 8.72. The van der Waals surface area contributed by atoms with E-state index in [1.54, 1.807) is 6.07 Å². The molecule has 3 heteroatoms. The van der Waals surface area contributed by atoms with Crippen LogP contribution in [-0.2, 0) is 6.54 Å². The number of nitrogens with zero attached hydrogens (tertiary/aromatic N) is 1. The van der Waals surface area contributed by atoms with Gasteiger partial charge in [0.05, 0.1) is 0 Å². The molecule has 2 aromatic carbocycles. The van der Waals surface area contributed by atoms with Crippen LogP contribution < -0.4 is 5.73 Å². The highest BCUT2D eigenvalue weighted by Gasteiger charge is 2.03. The minimum absolute atomic E-state index is 0.290. The summed E-state index contributed by atoms with van der Waals surface area (Å²) in [5.41, 5.74) is 8.12. The molecule has 0 aliphatic carbocycles. The number of nitrogen functional groups attached to an aromatic ring is 1. The molecule has 0 aliphatic heterocycles. The van der Waals surface area contributed by atoms with Crippen LogP contribution in [0.1, 0.15) is 5.56 Å². The molecule has 0 unspecified atom stereocenters. The molecule has 0 saturated heterocycles. The third kappa shape index (κ3) is 1.95. The van der Waals surface area contributed by atoms with Gasteiger partial charge in [-0.15, -0.1) is 0 Å². The number of anilines is 1. The van der Waals surface area contributed by atoms with E-state index < -0.39 is 0 Å². The Balaban J connectivity index is 2.01. The summed E-state index contributed by atoms with van der Waals surface area (Å²) in [5.74, 6) is -0.290. The lowest BCUT2D eigenvalue weighted by atomic mass is 10.2. The molecule has 2 nitrogen and oxygen atoms in total. The largest absolute Gasteiger partial charge is 0.399 e. The Morgan fingerprint density at radius 1 is 1.06 bits per heavy atom. The lowest BCUT2D eigenvalue weighted by molar-refractivity contribution is 0.625. The molecule has 2 N–H and O–H groups in total. The Hall–Kier alpha value is -2.29. The summed E-state index contributed by atoms with van der Waals surface area (Å²) in [6.45, 7) is 0.621. The number of benzene rings is 2. The fourth-order valence-electron chi connectivity index (χ4n) is 2.24. The Morgan fingerprint density at radius 3 is 2.72 bits per heavy atom. The molecule has 1 heterocycles. The number of nitrogens with two attached hydrogens (primary N) is 1. The average molecular weight is 240 g/mol. The lowest BCUT2D eigenvalue weighted by Gasteiger charge is -2.07. The van der Waals surface area contributed by atoms with Crippen LogP contribution >= 0.6 is 0 Å². The van der Waals surface area contributed by atoms with Gasteiger partial charge in [0.2, 0.25) is 0 Å². The van der Waals surface area contributed by atoms with E-state index in [4.69, 9.17) is 5.73 Å². The van der Waals surface area contributed by atoms with Crippen molar-refractivity contribution in [2.75, 3.05) is 5.73 Å².